The minimum absolute atomic E-state index is 0.197. The van der Waals surface area contributed by atoms with Crippen LogP contribution in [0.1, 0.15) is 25.7 Å². The molecule has 0 radical (unpaired) electrons. The lowest BCUT2D eigenvalue weighted by Gasteiger charge is -2.31. The van der Waals surface area contributed by atoms with Crippen LogP contribution in [0.3, 0.4) is 0 Å². The van der Waals surface area contributed by atoms with E-state index in [9.17, 15) is 4.79 Å². The van der Waals surface area contributed by atoms with Crippen LogP contribution in [0.15, 0.2) is 0 Å². The SMILES string of the molecule is CN1CCN(CC2(CS)CCCC2)C1=O. The van der Waals surface area contributed by atoms with Gasteiger partial charge in [-0.05, 0) is 24.0 Å². The molecule has 15 heavy (non-hydrogen) atoms. The number of carbonyl (C=O) groups excluding carboxylic acids is 1. The van der Waals surface area contributed by atoms with Crippen LogP contribution in [-0.4, -0.2) is 48.3 Å². The van der Waals surface area contributed by atoms with Crippen LogP contribution in [0.4, 0.5) is 4.79 Å². The van der Waals surface area contributed by atoms with Crippen molar-refractivity contribution in [2.75, 3.05) is 32.4 Å². The second-order valence-electron chi connectivity index (χ2n) is 4.99. The van der Waals surface area contributed by atoms with Crippen LogP contribution in [0.2, 0.25) is 0 Å². The molecule has 1 aliphatic carbocycles. The first-order chi connectivity index (χ1) is 7.17. The standard InChI is InChI=1S/C11H20N2OS/c1-12-6-7-13(10(12)14)8-11(9-15)4-2-3-5-11/h15H,2-9H2,1H3. The van der Waals surface area contributed by atoms with Crippen molar-refractivity contribution in [2.24, 2.45) is 5.41 Å². The highest BCUT2D eigenvalue weighted by Crippen LogP contribution is 2.40. The quantitative estimate of drug-likeness (QED) is 0.732. The van der Waals surface area contributed by atoms with Crippen molar-refractivity contribution in [3.05, 3.63) is 0 Å². The zero-order valence-corrected chi connectivity index (χ0v) is 10.3. The van der Waals surface area contributed by atoms with E-state index in [4.69, 9.17) is 0 Å². The molecular weight excluding hydrogens is 208 g/mol. The monoisotopic (exact) mass is 228 g/mol. The van der Waals surface area contributed by atoms with Gasteiger partial charge in [0.25, 0.3) is 0 Å². The van der Waals surface area contributed by atoms with Gasteiger partial charge in [-0.2, -0.15) is 12.6 Å². The maximum absolute atomic E-state index is 11.8. The zero-order valence-electron chi connectivity index (χ0n) is 9.41. The Kier molecular flexibility index (Phi) is 3.14. The van der Waals surface area contributed by atoms with Crippen molar-refractivity contribution in [3.63, 3.8) is 0 Å². The molecule has 0 bridgehead atoms. The van der Waals surface area contributed by atoms with E-state index in [2.05, 4.69) is 12.6 Å². The average Bonchev–Trinajstić information content (AvgIpc) is 2.82. The second kappa shape index (κ2) is 4.24. The third-order valence-electron chi connectivity index (χ3n) is 3.83. The number of hydrogen-bond donors (Lipinski definition) is 1. The highest BCUT2D eigenvalue weighted by Gasteiger charge is 2.37. The van der Waals surface area contributed by atoms with Crippen LogP contribution in [0, 0.1) is 5.41 Å². The third-order valence-corrected chi connectivity index (χ3v) is 4.50. The first kappa shape index (κ1) is 11.1. The molecule has 0 unspecified atom stereocenters. The van der Waals surface area contributed by atoms with E-state index in [0.717, 1.165) is 25.4 Å². The topological polar surface area (TPSA) is 23.6 Å². The fourth-order valence-corrected chi connectivity index (χ4v) is 3.16. The van der Waals surface area contributed by atoms with Gasteiger partial charge in [-0.1, -0.05) is 12.8 Å². The molecule has 0 aromatic heterocycles. The molecule has 2 rings (SSSR count). The lowest BCUT2D eigenvalue weighted by atomic mass is 9.88. The number of thiol groups is 1. The second-order valence-corrected chi connectivity index (χ2v) is 5.31. The minimum atomic E-state index is 0.197. The fourth-order valence-electron chi connectivity index (χ4n) is 2.75. The smallest absolute Gasteiger partial charge is 0.319 e. The molecule has 2 amide bonds. The van der Waals surface area contributed by atoms with Gasteiger partial charge in [0.15, 0.2) is 0 Å². The van der Waals surface area contributed by atoms with Gasteiger partial charge in [-0.3, -0.25) is 0 Å². The molecule has 2 fully saturated rings. The Morgan fingerprint density at radius 1 is 1.33 bits per heavy atom. The van der Waals surface area contributed by atoms with Crippen molar-refractivity contribution < 1.29 is 4.79 Å². The molecule has 1 aliphatic heterocycles. The molecule has 1 saturated heterocycles. The van der Waals surface area contributed by atoms with Crippen LogP contribution in [0.5, 0.6) is 0 Å². The van der Waals surface area contributed by atoms with E-state index in [1.54, 1.807) is 4.90 Å². The maximum Gasteiger partial charge on any atom is 0.319 e. The van der Waals surface area contributed by atoms with Crippen LogP contribution < -0.4 is 0 Å². The Hall–Kier alpha value is -0.380. The molecule has 0 N–H and O–H groups in total. The maximum atomic E-state index is 11.8. The molecular formula is C11H20N2OS. The Labute approximate surface area is 97.2 Å². The summed E-state index contributed by atoms with van der Waals surface area (Å²) in [6, 6.07) is 0.197. The van der Waals surface area contributed by atoms with E-state index in [1.165, 1.54) is 25.7 Å². The van der Waals surface area contributed by atoms with E-state index >= 15 is 0 Å². The van der Waals surface area contributed by atoms with E-state index in [-0.39, 0.29) is 6.03 Å². The van der Waals surface area contributed by atoms with Crippen molar-refractivity contribution in [1.82, 2.24) is 9.80 Å². The fraction of sp³-hybridized carbons (Fsp3) is 0.909. The zero-order chi connectivity index (χ0) is 10.9. The van der Waals surface area contributed by atoms with Crippen LogP contribution in [0.25, 0.3) is 0 Å². The first-order valence-electron chi connectivity index (χ1n) is 5.78. The minimum Gasteiger partial charge on any atom is -0.326 e. The highest BCUT2D eigenvalue weighted by atomic mass is 32.1. The third kappa shape index (κ3) is 2.10. The van der Waals surface area contributed by atoms with Gasteiger partial charge in [0.05, 0.1) is 0 Å². The molecule has 1 saturated carbocycles. The van der Waals surface area contributed by atoms with Crippen molar-refractivity contribution >= 4 is 18.7 Å². The van der Waals surface area contributed by atoms with Crippen LogP contribution in [-0.2, 0) is 0 Å². The van der Waals surface area contributed by atoms with E-state index in [0.29, 0.717) is 5.41 Å². The molecule has 0 aromatic carbocycles. The number of amides is 2. The van der Waals surface area contributed by atoms with Gasteiger partial charge in [0.1, 0.15) is 0 Å². The van der Waals surface area contributed by atoms with E-state index < -0.39 is 0 Å². The summed E-state index contributed by atoms with van der Waals surface area (Å²) in [7, 11) is 1.88. The number of urea groups is 1. The Bertz CT molecular complexity index is 251. The molecule has 1 heterocycles. The number of carbonyl (C=O) groups is 1. The van der Waals surface area contributed by atoms with Crippen LogP contribution >= 0.6 is 12.6 Å². The lowest BCUT2D eigenvalue weighted by molar-refractivity contribution is 0.173. The summed E-state index contributed by atoms with van der Waals surface area (Å²) >= 11 is 4.47. The largest absolute Gasteiger partial charge is 0.326 e. The predicted octanol–water partition coefficient (Wildman–Crippen LogP) is 1.84. The van der Waals surface area contributed by atoms with Crippen molar-refractivity contribution in [1.29, 1.82) is 0 Å². The molecule has 0 aromatic rings. The molecule has 86 valence electrons. The summed E-state index contributed by atoms with van der Waals surface area (Å²) in [4.78, 5) is 15.6. The van der Waals surface area contributed by atoms with Gasteiger partial charge in [0.2, 0.25) is 0 Å². The Balaban J connectivity index is 1.98. The van der Waals surface area contributed by atoms with Crippen molar-refractivity contribution in [2.45, 2.75) is 25.7 Å². The van der Waals surface area contributed by atoms with Gasteiger partial charge in [-0.25, -0.2) is 4.79 Å². The molecule has 4 heteroatoms. The van der Waals surface area contributed by atoms with E-state index in [1.807, 2.05) is 11.9 Å². The number of likely N-dealkylation sites (N-methyl/N-ethyl adjacent to an activating group) is 1. The first-order valence-corrected chi connectivity index (χ1v) is 6.41. The summed E-state index contributed by atoms with van der Waals surface area (Å²) in [5.74, 6) is 0.917. The molecule has 3 nitrogen and oxygen atoms in total. The summed E-state index contributed by atoms with van der Waals surface area (Å²) < 4.78 is 0. The van der Waals surface area contributed by atoms with Crippen molar-refractivity contribution in [3.8, 4) is 0 Å². The molecule has 0 atom stereocenters. The summed E-state index contributed by atoms with van der Waals surface area (Å²) in [6.07, 6.45) is 5.09. The summed E-state index contributed by atoms with van der Waals surface area (Å²) in [5, 5.41) is 0. The summed E-state index contributed by atoms with van der Waals surface area (Å²) in [5.41, 5.74) is 0.309. The van der Waals surface area contributed by atoms with Gasteiger partial charge < -0.3 is 9.80 Å². The number of rotatable bonds is 3. The highest BCUT2D eigenvalue weighted by molar-refractivity contribution is 7.80. The predicted molar refractivity (Wildman–Crippen MR) is 64.4 cm³/mol. The van der Waals surface area contributed by atoms with Gasteiger partial charge in [0, 0.05) is 26.7 Å². The molecule has 0 spiro atoms. The van der Waals surface area contributed by atoms with Gasteiger partial charge in [-0.15, -0.1) is 0 Å². The van der Waals surface area contributed by atoms with Gasteiger partial charge >= 0.3 is 6.03 Å². The summed E-state index contributed by atoms with van der Waals surface area (Å²) in [6.45, 7) is 2.69. The lowest BCUT2D eigenvalue weighted by Crippen LogP contribution is -2.39. The number of nitrogens with zero attached hydrogens (tertiary/aromatic N) is 2. The Morgan fingerprint density at radius 2 is 2.00 bits per heavy atom. The Morgan fingerprint density at radius 3 is 2.47 bits per heavy atom. The normalized spacial score (nSPS) is 25.3. The average molecular weight is 228 g/mol. The molecule has 2 aliphatic rings. The number of hydrogen-bond acceptors (Lipinski definition) is 2.